The number of rotatable bonds is 5. The number of aromatic carboxylic acids is 1. The number of carboxylic acid groups (broad SMARTS) is 1. The molecule has 0 saturated heterocycles. The molecule has 24 heavy (non-hydrogen) atoms. The molecule has 1 N–H and O–H groups in total. The molecule has 0 unspecified atom stereocenters. The van der Waals surface area contributed by atoms with E-state index in [1.807, 2.05) is 24.3 Å². The number of ether oxygens (including phenoxy) is 1. The molecular weight excluding hydrogens is 302 g/mol. The zero-order valence-corrected chi connectivity index (χ0v) is 13.7. The Hall–Kier alpha value is -2.75. The molecule has 124 valence electrons. The highest BCUT2D eigenvalue weighted by molar-refractivity contribution is 5.92. The Morgan fingerprint density at radius 1 is 1.21 bits per heavy atom. The molecule has 0 amide bonds. The zero-order chi connectivity index (χ0) is 16.9. The molecule has 0 aromatic heterocycles. The molecule has 1 aliphatic heterocycles. The maximum atomic E-state index is 11.4. The van der Waals surface area contributed by atoms with Crippen LogP contribution < -0.4 is 4.74 Å². The van der Waals surface area contributed by atoms with Crippen LogP contribution in [0, 0.1) is 0 Å². The van der Waals surface area contributed by atoms with E-state index in [1.54, 1.807) is 12.1 Å². The summed E-state index contributed by atoms with van der Waals surface area (Å²) < 4.78 is 5.14. The van der Waals surface area contributed by atoms with Gasteiger partial charge in [0.1, 0.15) is 11.3 Å². The van der Waals surface area contributed by atoms with Gasteiger partial charge in [-0.2, -0.15) is 0 Å². The molecule has 0 aliphatic carbocycles. The molecule has 0 saturated carbocycles. The van der Waals surface area contributed by atoms with E-state index in [1.165, 1.54) is 18.2 Å². The van der Waals surface area contributed by atoms with Crippen LogP contribution in [0.1, 0.15) is 34.3 Å². The van der Waals surface area contributed by atoms with Crippen LogP contribution in [0.25, 0.3) is 5.57 Å². The number of methoxy groups -OCH3 is 1. The summed E-state index contributed by atoms with van der Waals surface area (Å²) in [7, 11) is 1.49. The lowest BCUT2D eigenvalue weighted by atomic mass is 9.97. The van der Waals surface area contributed by atoms with E-state index in [9.17, 15) is 9.90 Å². The average molecular weight is 323 g/mol. The van der Waals surface area contributed by atoms with Gasteiger partial charge < -0.3 is 14.7 Å². The normalized spacial score (nSPS) is 14.2. The van der Waals surface area contributed by atoms with Gasteiger partial charge in [0.2, 0.25) is 0 Å². The van der Waals surface area contributed by atoms with Gasteiger partial charge in [-0.15, -0.1) is 0 Å². The van der Waals surface area contributed by atoms with Gasteiger partial charge in [0.15, 0.2) is 0 Å². The lowest BCUT2D eigenvalue weighted by Crippen LogP contribution is -2.22. The third kappa shape index (κ3) is 3.59. The Morgan fingerprint density at radius 2 is 2.00 bits per heavy atom. The standard InChI is InChI=1S/C20H21NO3/c1-24-19-10-9-16(12-18(19)20(22)23)17-8-5-11-21(14-17)13-15-6-3-2-4-7-15/h2-4,6-7,9-10,12,14H,5,8,11,13H2,1H3,(H,22,23). The lowest BCUT2D eigenvalue weighted by molar-refractivity contribution is 0.0693. The van der Waals surface area contributed by atoms with Crippen LogP contribution >= 0.6 is 0 Å². The van der Waals surface area contributed by atoms with Crippen molar-refractivity contribution in [1.29, 1.82) is 0 Å². The Labute approximate surface area is 142 Å². The Bertz CT molecular complexity index is 753. The van der Waals surface area contributed by atoms with Crippen LogP contribution in [0.5, 0.6) is 5.75 Å². The van der Waals surface area contributed by atoms with Crippen LogP contribution in [0.4, 0.5) is 0 Å². The van der Waals surface area contributed by atoms with Crippen molar-refractivity contribution in [2.75, 3.05) is 13.7 Å². The number of hydrogen-bond donors (Lipinski definition) is 1. The van der Waals surface area contributed by atoms with E-state index in [4.69, 9.17) is 4.74 Å². The summed E-state index contributed by atoms with van der Waals surface area (Å²) in [6, 6.07) is 15.7. The lowest BCUT2D eigenvalue weighted by Gasteiger charge is -2.27. The molecule has 3 rings (SSSR count). The van der Waals surface area contributed by atoms with Crippen molar-refractivity contribution in [3.05, 3.63) is 71.4 Å². The number of benzene rings is 2. The molecule has 1 aliphatic rings. The SMILES string of the molecule is COc1ccc(C2=CN(Cc3ccccc3)CCC2)cc1C(=O)O. The van der Waals surface area contributed by atoms with Crippen LogP contribution in [0.15, 0.2) is 54.7 Å². The molecule has 0 spiro atoms. The van der Waals surface area contributed by atoms with Gasteiger partial charge in [0.25, 0.3) is 0 Å². The predicted octanol–water partition coefficient (Wildman–Crippen LogP) is 4.03. The van der Waals surface area contributed by atoms with E-state index < -0.39 is 5.97 Å². The Morgan fingerprint density at radius 3 is 2.71 bits per heavy atom. The quantitative estimate of drug-likeness (QED) is 0.902. The second-order valence-corrected chi connectivity index (χ2v) is 5.93. The maximum Gasteiger partial charge on any atom is 0.339 e. The van der Waals surface area contributed by atoms with Crippen LogP contribution in [-0.4, -0.2) is 29.6 Å². The van der Waals surface area contributed by atoms with E-state index in [0.717, 1.165) is 31.5 Å². The highest BCUT2D eigenvalue weighted by Gasteiger charge is 2.16. The minimum atomic E-state index is -0.966. The molecule has 0 radical (unpaired) electrons. The minimum Gasteiger partial charge on any atom is -0.496 e. The summed E-state index contributed by atoms with van der Waals surface area (Å²) >= 11 is 0. The highest BCUT2D eigenvalue weighted by atomic mass is 16.5. The second kappa shape index (κ2) is 7.21. The maximum absolute atomic E-state index is 11.4. The van der Waals surface area contributed by atoms with Gasteiger partial charge in [0.05, 0.1) is 7.11 Å². The van der Waals surface area contributed by atoms with E-state index in [0.29, 0.717) is 5.75 Å². The molecule has 2 aromatic carbocycles. The molecule has 1 heterocycles. The van der Waals surface area contributed by atoms with E-state index in [2.05, 4.69) is 23.2 Å². The Kier molecular flexibility index (Phi) is 4.85. The summed E-state index contributed by atoms with van der Waals surface area (Å²) in [6.07, 6.45) is 4.17. The van der Waals surface area contributed by atoms with Crippen molar-refractivity contribution in [1.82, 2.24) is 4.90 Å². The molecule has 4 nitrogen and oxygen atoms in total. The monoisotopic (exact) mass is 323 g/mol. The van der Waals surface area contributed by atoms with Gasteiger partial charge in [-0.25, -0.2) is 4.79 Å². The van der Waals surface area contributed by atoms with Gasteiger partial charge >= 0.3 is 5.97 Å². The van der Waals surface area contributed by atoms with Crippen molar-refractivity contribution in [2.45, 2.75) is 19.4 Å². The summed E-state index contributed by atoms with van der Waals surface area (Å²) in [5.74, 6) is -0.574. The fraction of sp³-hybridized carbons (Fsp3) is 0.250. The summed E-state index contributed by atoms with van der Waals surface area (Å²) in [6.45, 7) is 1.88. The Balaban J connectivity index is 1.85. The van der Waals surface area contributed by atoms with Crippen molar-refractivity contribution in [3.8, 4) is 5.75 Å². The molecule has 0 atom stereocenters. The first-order valence-electron chi connectivity index (χ1n) is 8.08. The van der Waals surface area contributed by atoms with Gasteiger partial charge in [-0.1, -0.05) is 36.4 Å². The third-order valence-corrected chi connectivity index (χ3v) is 4.26. The fourth-order valence-corrected chi connectivity index (χ4v) is 3.06. The van der Waals surface area contributed by atoms with Crippen molar-refractivity contribution in [2.24, 2.45) is 0 Å². The number of nitrogens with zero attached hydrogens (tertiary/aromatic N) is 1. The minimum absolute atomic E-state index is 0.205. The van der Waals surface area contributed by atoms with Crippen molar-refractivity contribution >= 4 is 11.5 Å². The van der Waals surface area contributed by atoms with Gasteiger partial charge in [-0.3, -0.25) is 0 Å². The fourth-order valence-electron chi connectivity index (χ4n) is 3.06. The summed E-state index contributed by atoms with van der Waals surface area (Å²) in [5, 5.41) is 9.36. The average Bonchev–Trinajstić information content (AvgIpc) is 2.62. The summed E-state index contributed by atoms with van der Waals surface area (Å²) in [5.41, 5.74) is 3.60. The van der Waals surface area contributed by atoms with Crippen LogP contribution in [0.2, 0.25) is 0 Å². The topological polar surface area (TPSA) is 49.8 Å². The number of hydrogen-bond acceptors (Lipinski definition) is 3. The summed E-state index contributed by atoms with van der Waals surface area (Å²) in [4.78, 5) is 13.7. The zero-order valence-electron chi connectivity index (χ0n) is 13.7. The van der Waals surface area contributed by atoms with Crippen molar-refractivity contribution < 1.29 is 14.6 Å². The molecular formula is C20H21NO3. The van der Waals surface area contributed by atoms with Crippen LogP contribution in [-0.2, 0) is 6.54 Å². The second-order valence-electron chi connectivity index (χ2n) is 5.93. The van der Waals surface area contributed by atoms with Gasteiger partial charge in [-0.05, 0) is 41.7 Å². The van der Waals surface area contributed by atoms with Crippen LogP contribution in [0.3, 0.4) is 0 Å². The molecule has 0 fully saturated rings. The number of carboxylic acids is 1. The third-order valence-electron chi connectivity index (χ3n) is 4.26. The first-order chi connectivity index (χ1) is 11.7. The molecule has 2 aromatic rings. The van der Waals surface area contributed by atoms with E-state index >= 15 is 0 Å². The predicted molar refractivity (Wildman–Crippen MR) is 94.0 cm³/mol. The molecule has 0 bridgehead atoms. The number of carbonyl (C=O) groups is 1. The smallest absolute Gasteiger partial charge is 0.339 e. The van der Waals surface area contributed by atoms with Crippen molar-refractivity contribution in [3.63, 3.8) is 0 Å². The largest absolute Gasteiger partial charge is 0.496 e. The molecule has 4 heteroatoms. The van der Waals surface area contributed by atoms with E-state index in [-0.39, 0.29) is 5.56 Å². The highest BCUT2D eigenvalue weighted by Crippen LogP contribution is 2.29. The first kappa shape index (κ1) is 16.1. The first-order valence-corrected chi connectivity index (χ1v) is 8.08. The number of allylic oxidation sites excluding steroid dienone is 1. The van der Waals surface area contributed by atoms with Gasteiger partial charge in [0, 0.05) is 19.3 Å².